The summed E-state index contributed by atoms with van der Waals surface area (Å²) in [4.78, 5) is 28.8. The van der Waals surface area contributed by atoms with Gasteiger partial charge >= 0.3 is 0 Å². The topological polar surface area (TPSA) is 80.3 Å². The number of methoxy groups -OCH3 is 1. The van der Waals surface area contributed by atoms with Crippen LogP contribution in [0.25, 0.3) is 0 Å². The lowest BCUT2D eigenvalue weighted by Crippen LogP contribution is -2.14. The summed E-state index contributed by atoms with van der Waals surface area (Å²) in [6, 6.07) is 10.4. The molecule has 0 atom stereocenters. The normalized spacial score (nSPS) is 10.5. The van der Waals surface area contributed by atoms with Gasteiger partial charge in [0.15, 0.2) is 5.13 Å². The fraction of sp³-hybridized carbons (Fsp3) is 0.150. The first kappa shape index (κ1) is 22.1. The second-order valence-corrected chi connectivity index (χ2v) is 8.27. The van der Waals surface area contributed by atoms with Crippen molar-refractivity contribution in [3.8, 4) is 5.75 Å². The van der Waals surface area contributed by atoms with Crippen molar-refractivity contribution in [2.75, 3.05) is 23.5 Å². The molecule has 0 radical (unpaired) electrons. The van der Waals surface area contributed by atoms with Crippen LogP contribution in [0.1, 0.15) is 16.1 Å². The number of carbonyl (C=O) groups is 2. The van der Waals surface area contributed by atoms with Gasteiger partial charge in [0, 0.05) is 21.8 Å². The molecule has 3 aromatic rings. The van der Waals surface area contributed by atoms with Crippen LogP contribution < -0.4 is 15.4 Å². The van der Waals surface area contributed by atoms with Gasteiger partial charge in [-0.2, -0.15) is 0 Å². The van der Waals surface area contributed by atoms with Crippen LogP contribution in [0.3, 0.4) is 0 Å². The number of rotatable bonds is 8. The van der Waals surface area contributed by atoms with Crippen molar-refractivity contribution < 1.29 is 18.7 Å². The molecule has 10 heteroatoms. The largest absolute Gasteiger partial charge is 0.496 e. The minimum Gasteiger partial charge on any atom is -0.496 e. The minimum atomic E-state index is -0.374. The molecular formula is C20H17ClFN3O3S2. The average Bonchev–Trinajstić information content (AvgIpc) is 3.16. The maximum Gasteiger partial charge on any atom is 0.261 e. The SMILES string of the molecule is COc1ccc(Cl)cc1C(=O)Nc1nc(CSCC(=O)Nc2ccc(F)cc2)cs1. The van der Waals surface area contributed by atoms with E-state index in [0.29, 0.717) is 32.9 Å². The predicted octanol–water partition coefficient (Wildman–Crippen LogP) is 5.07. The fourth-order valence-electron chi connectivity index (χ4n) is 2.43. The zero-order valence-corrected chi connectivity index (χ0v) is 18.2. The maximum atomic E-state index is 12.9. The molecule has 0 unspecified atom stereocenters. The Morgan fingerprint density at radius 2 is 1.97 bits per heavy atom. The molecule has 0 aliphatic carbocycles. The van der Waals surface area contributed by atoms with Crippen molar-refractivity contribution in [2.45, 2.75) is 5.75 Å². The van der Waals surface area contributed by atoms with Gasteiger partial charge in [-0.1, -0.05) is 11.6 Å². The number of amides is 2. The molecule has 30 heavy (non-hydrogen) atoms. The van der Waals surface area contributed by atoms with Gasteiger partial charge in [-0.05, 0) is 42.5 Å². The van der Waals surface area contributed by atoms with Crippen molar-refractivity contribution in [3.05, 3.63) is 69.9 Å². The Morgan fingerprint density at radius 1 is 1.20 bits per heavy atom. The van der Waals surface area contributed by atoms with E-state index >= 15 is 0 Å². The second kappa shape index (κ2) is 10.4. The number of nitrogens with zero attached hydrogens (tertiary/aromatic N) is 1. The van der Waals surface area contributed by atoms with Crippen LogP contribution in [0.15, 0.2) is 47.8 Å². The molecule has 6 nitrogen and oxygen atoms in total. The van der Waals surface area contributed by atoms with Gasteiger partial charge in [0.2, 0.25) is 5.91 Å². The van der Waals surface area contributed by atoms with Gasteiger partial charge in [-0.15, -0.1) is 23.1 Å². The average molecular weight is 466 g/mol. The number of hydrogen-bond donors (Lipinski definition) is 2. The Kier molecular flexibility index (Phi) is 7.67. The van der Waals surface area contributed by atoms with Crippen molar-refractivity contribution in [1.29, 1.82) is 0 Å². The third-order valence-electron chi connectivity index (χ3n) is 3.79. The summed E-state index contributed by atoms with van der Waals surface area (Å²) in [7, 11) is 1.48. The predicted molar refractivity (Wildman–Crippen MR) is 119 cm³/mol. The highest BCUT2D eigenvalue weighted by atomic mass is 35.5. The number of halogens is 2. The number of benzene rings is 2. The summed E-state index contributed by atoms with van der Waals surface area (Å²) in [5, 5.41) is 8.10. The number of anilines is 2. The highest BCUT2D eigenvalue weighted by Crippen LogP contribution is 2.25. The van der Waals surface area contributed by atoms with Crippen LogP contribution in [0.4, 0.5) is 15.2 Å². The number of aromatic nitrogens is 1. The number of nitrogens with one attached hydrogen (secondary N) is 2. The first-order valence-electron chi connectivity index (χ1n) is 8.67. The zero-order valence-electron chi connectivity index (χ0n) is 15.8. The molecule has 0 aliphatic heterocycles. The van der Waals surface area contributed by atoms with E-state index < -0.39 is 0 Å². The molecule has 0 fully saturated rings. The molecule has 0 aliphatic rings. The van der Waals surface area contributed by atoms with E-state index in [1.165, 1.54) is 60.5 Å². The Balaban J connectivity index is 1.49. The summed E-state index contributed by atoms with van der Waals surface area (Å²) < 4.78 is 18.1. The van der Waals surface area contributed by atoms with Gasteiger partial charge in [0.05, 0.1) is 24.1 Å². The van der Waals surface area contributed by atoms with Crippen molar-refractivity contribution in [2.24, 2.45) is 0 Å². The van der Waals surface area contributed by atoms with Crippen LogP contribution >= 0.6 is 34.7 Å². The summed E-state index contributed by atoms with van der Waals surface area (Å²) in [6.07, 6.45) is 0. The summed E-state index contributed by atoms with van der Waals surface area (Å²) in [5.74, 6) is 0.212. The molecule has 2 N–H and O–H groups in total. The fourth-order valence-corrected chi connectivity index (χ4v) is 4.13. The van der Waals surface area contributed by atoms with E-state index in [9.17, 15) is 14.0 Å². The van der Waals surface area contributed by atoms with Crippen LogP contribution in [0.5, 0.6) is 5.75 Å². The number of thioether (sulfide) groups is 1. The Morgan fingerprint density at radius 3 is 2.70 bits per heavy atom. The molecule has 3 rings (SSSR count). The quantitative estimate of drug-likeness (QED) is 0.485. The number of ether oxygens (including phenoxy) is 1. The first-order valence-corrected chi connectivity index (χ1v) is 11.1. The van der Waals surface area contributed by atoms with E-state index in [0.717, 1.165) is 5.69 Å². The van der Waals surface area contributed by atoms with Gasteiger partial charge < -0.3 is 10.1 Å². The monoisotopic (exact) mass is 465 g/mol. The van der Waals surface area contributed by atoms with Crippen molar-refractivity contribution >= 4 is 57.3 Å². The summed E-state index contributed by atoms with van der Waals surface area (Å²) >= 11 is 8.63. The molecule has 2 amide bonds. The first-order chi connectivity index (χ1) is 14.4. The van der Waals surface area contributed by atoms with E-state index in [-0.39, 0.29) is 23.4 Å². The lowest BCUT2D eigenvalue weighted by molar-refractivity contribution is -0.113. The van der Waals surface area contributed by atoms with Gasteiger partial charge in [-0.3, -0.25) is 14.9 Å². The van der Waals surface area contributed by atoms with Gasteiger partial charge in [0.25, 0.3) is 5.91 Å². The number of thiazole rings is 1. The van der Waals surface area contributed by atoms with Gasteiger partial charge in [0.1, 0.15) is 11.6 Å². The number of hydrogen-bond acceptors (Lipinski definition) is 6. The molecule has 1 heterocycles. The molecule has 0 spiro atoms. The second-order valence-electron chi connectivity index (χ2n) is 5.99. The third kappa shape index (κ3) is 6.19. The van der Waals surface area contributed by atoms with Crippen molar-refractivity contribution in [3.63, 3.8) is 0 Å². The highest BCUT2D eigenvalue weighted by Gasteiger charge is 2.15. The highest BCUT2D eigenvalue weighted by molar-refractivity contribution is 7.99. The van der Waals surface area contributed by atoms with Crippen LogP contribution in [-0.2, 0) is 10.5 Å². The Labute approximate surface area is 185 Å². The van der Waals surface area contributed by atoms with Gasteiger partial charge in [-0.25, -0.2) is 9.37 Å². The number of carbonyl (C=O) groups excluding carboxylic acids is 2. The molecule has 0 saturated heterocycles. The van der Waals surface area contributed by atoms with Crippen molar-refractivity contribution in [1.82, 2.24) is 4.98 Å². The van der Waals surface area contributed by atoms with Crippen LogP contribution in [0.2, 0.25) is 5.02 Å². The molecule has 2 aromatic carbocycles. The lowest BCUT2D eigenvalue weighted by atomic mass is 10.2. The van der Waals surface area contributed by atoms with E-state index in [4.69, 9.17) is 16.3 Å². The zero-order chi connectivity index (χ0) is 21.5. The van der Waals surface area contributed by atoms with E-state index in [1.807, 2.05) is 5.38 Å². The minimum absolute atomic E-state index is 0.191. The van der Waals surface area contributed by atoms with E-state index in [2.05, 4.69) is 15.6 Å². The summed E-state index contributed by atoms with van der Waals surface area (Å²) in [6.45, 7) is 0. The molecular weight excluding hydrogens is 449 g/mol. The Bertz CT molecular complexity index is 1040. The third-order valence-corrected chi connectivity index (χ3v) is 5.80. The molecule has 0 saturated carbocycles. The molecule has 1 aromatic heterocycles. The Hall–Kier alpha value is -2.62. The van der Waals surface area contributed by atoms with E-state index in [1.54, 1.807) is 12.1 Å². The summed E-state index contributed by atoms with van der Waals surface area (Å²) in [5.41, 5.74) is 1.60. The molecule has 0 bridgehead atoms. The van der Waals surface area contributed by atoms with Crippen LogP contribution in [-0.4, -0.2) is 29.7 Å². The smallest absolute Gasteiger partial charge is 0.261 e. The standard InChI is InChI=1S/C20H17ClFN3O3S2/c1-28-17-7-2-12(21)8-16(17)19(27)25-20-24-15(10-30-20)9-29-11-18(26)23-14-5-3-13(22)4-6-14/h2-8,10H,9,11H2,1H3,(H,23,26)(H,24,25,27). The lowest BCUT2D eigenvalue weighted by Gasteiger charge is -2.08. The molecule has 156 valence electrons. The van der Waals surface area contributed by atoms with Crippen LogP contribution in [0, 0.1) is 5.82 Å². The maximum absolute atomic E-state index is 12.9.